The van der Waals surface area contributed by atoms with E-state index in [1.54, 1.807) is 23.8 Å². The Balaban J connectivity index is 1.94. The van der Waals surface area contributed by atoms with Gasteiger partial charge < -0.3 is 4.42 Å². The molecule has 0 aliphatic rings. The smallest absolute Gasteiger partial charge is 0.225 e. The molecule has 1 aromatic carbocycles. The Bertz CT molecular complexity index is 688. The molecule has 0 saturated carbocycles. The molecule has 101 valence electrons. The topological polar surface area (TPSA) is 38.9 Å². The number of rotatable bonds is 4. The molecule has 20 heavy (non-hydrogen) atoms. The summed E-state index contributed by atoms with van der Waals surface area (Å²) >= 11 is 1.71. The minimum absolute atomic E-state index is 0.486. The maximum Gasteiger partial charge on any atom is 0.225 e. The summed E-state index contributed by atoms with van der Waals surface area (Å²) in [7, 11) is 0. The van der Waals surface area contributed by atoms with E-state index in [0.29, 0.717) is 11.8 Å². The fraction of sp³-hybridized carbons (Fsp3) is 0.250. The van der Waals surface area contributed by atoms with E-state index in [9.17, 15) is 0 Å². The van der Waals surface area contributed by atoms with E-state index in [1.807, 2.05) is 12.1 Å². The van der Waals surface area contributed by atoms with Crippen molar-refractivity contribution in [1.29, 1.82) is 0 Å². The lowest BCUT2D eigenvalue weighted by molar-refractivity contribution is 0.574. The maximum atomic E-state index is 5.34. The second-order valence-electron chi connectivity index (χ2n) is 4.72. The van der Waals surface area contributed by atoms with Crippen LogP contribution in [0.5, 0.6) is 0 Å². The van der Waals surface area contributed by atoms with Crippen LogP contribution >= 0.6 is 11.3 Å². The summed E-state index contributed by atoms with van der Waals surface area (Å²) in [6, 6.07) is 8.13. The molecule has 2 heterocycles. The van der Waals surface area contributed by atoms with Crippen LogP contribution < -0.4 is 0 Å². The molecule has 0 amide bonds. The summed E-state index contributed by atoms with van der Waals surface area (Å²) in [6.07, 6.45) is 7.46. The SMILES string of the molecule is CCC(C)c1n[c]c(-c2cccc(-c3ncco3)c2)s1. The summed E-state index contributed by atoms with van der Waals surface area (Å²) in [5.41, 5.74) is 2.08. The number of oxazole rings is 1. The lowest BCUT2D eigenvalue weighted by Gasteiger charge is -2.02. The van der Waals surface area contributed by atoms with Crippen molar-refractivity contribution in [3.8, 4) is 21.9 Å². The lowest BCUT2D eigenvalue weighted by atomic mass is 10.1. The zero-order chi connectivity index (χ0) is 13.9. The molecular formula is C16H15N2OS. The molecule has 0 spiro atoms. The summed E-state index contributed by atoms with van der Waals surface area (Å²) < 4.78 is 5.34. The number of aromatic nitrogens is 2. The minimum Gasteiger partial charge on any atom is -0.445 e. The molecular weight excluding hydrogens is 268 g/mol. The van der Waals surface area contributed by atoms with Crippen molar-refractivity contribution in [3.63, 3.8) is 0 Å². The Kier molecular flexibility index (Phi) is 3.65. The third kappa shape index (κ3) is 2.51. The Labute approximate surface area is 122 Å². The van der Waals surface area contributed by atoms with Crippen LogP contribution in [0, 0.1) is 6.20 Å². The van der Waals surface area contributed by atoms with E-state index in [2.05, 4.69) is 42.1 Å². The lowest BCUT2D eigenvalue weighted by Crippen LogP contribution is -1.87. The molecule has 1 radical (unpaired) electrons. The van der Waals surface area contributed by atoms with Gasteiger partial charge in [0.15, 0.2) is 0 Å². The van der Waals surface area contributed by atoms with Gasteiger partial charge in [-0.2, -0.15) is 0 Å². The van der Waals surface area contributed by atoms with Gasteiger partial charge in [0.2, 0.25) is 5.89 Å². The Morgan fingerprint density at radius 3 is 2.95 bits per heavy atom. The van der Waals surface area contributed by atoms with Crippen LogP contribution in [0.15, 0.2) is 41.1 Å². The molecule has 0 aliphatic carbocycles. The van der Waals surface area contributed by atoms with Crippen molar-refractivity contribution >= 4 is 11.3 Å². The molecule has 0 bridgehead atoms. The highest BCUT2D eigenvalue weighted by Gasteiger charge is 2.11. The van der Waals surface area contributed by atoms with Gasteiger partial charge in [-0.1, -0.05) is 26.0 Å². The summed E-state index contributed by atoms with van der Waals surface area (Å²) in [5, 5.41) is 1.14. The first-order chi connectivity index (χ1) is 9.78. The minimum atomic E-state index is 0.486. The quantitative estimate of drug-likeness (QED) is 0.691. The zero-order valence-corrected chi connectivity index (χ0v) is 12.3. The van der Waals surface area contributed by atoms with Crippen molar-refractivity contribution in [3.05, 3.63) is 47.9 Å². The number of hydrogen-bond acceptors (Lipinski definition) is 4. The van der Waals surface area contributed by atoms with Gasteiger partial charge in [0.25, 0.3) is 0 Å². The molecule has 0 fully saturated rings. The van der Waals surface area contributed by atoms with Crippen molar-refractivity contribution in [1.82, 2.24) is 9.97 Å². The highest BCUT2D eigenvalue weighted by molar-refractivity contribution is 7.15. The average Bonchev–Trinajstić information content (AvgIpc) is 3.18. The second-order valence-corrected chi connectivity index (χ2v) is 5.75. The van der Waals surface area contributed by atoms with Crippen LogP contribution in [-0.2, 0) is 0 Å². The van der Waals surface area contributed by atoms with Crippen LogP contribution in [0.4, 0.5) is 0 Å². The molecule has 0 N–H and O–H groups in total. The average molecular weight is 283 g/mol. The summed E-state index contributed by atoms with van der Waals surface area (Å²) in [5.74, 6) is 1.12. The van der Waals surface area contributed by atoms with E-state index in [-0.39, 0.29) is 0 Å². The van der Waals surface area contributed by atoms with E-state index in [1.165, 1.54) is 0 Å². The van der Waals surface area contributed by atoms with E-state index in [0.717, 1.165) is 27.4 Å². The van der Waals surface area contributed by atoms with Crippen LogP contribution in [0.2, 0.25) is 0 Å². The predicted octanol–water partition coefficient (Wildman–Crippen LogP) is 4.78. The molecule has 0 aliphatic heterocycles. The summed E-state index contributed by atoms with van der Waals surface area (Å²) in [6.45, 7) is 4.37. The predicted molar refractivity (Wildman–Crippen MR) is 80.6 cm³/mol. The first kappa shape index (κ1) is 13.1. The fourth-order valence-electron chi connectivity index (χ4n) is 1.92. The van der Waals surface area contributed by atoms with Gasteiger partial charge in [-0.3, -0.25) is 0 Å². The number of thiazole rings is 1. The monoisotopic (exact) mass is 283 g/mol. The standard InChI is InChI=1S/C16H15N2OS/c1-3-11(2)16-18-10-14(20-16)12-5-4-6-13(9-12)15-17-7-8-19-15/h4-9,11H,3H2,1-2H3. The zero-order valence-electron chi connectivity index (χ0n) is 11.5. The van der Waals surface area contributed by atoms with Crippen LogP contribution in [-0.4, -0.2) is 9.97 Å². The van der Waals surface area contributed by atoms with E-state index >= 15 is 0 Å². The number of nitrogens with zero attached hydrogens (tertiary/aromatic N) is 2. The molecule has 4 heteroatoms. The van der Waals surface area contributed by atoms with Crippen LogP contribution in [0.25, 0.3) is 21.9 Å². The van der Waals surface area contributed by atoms with Gasteiger partial charge in [-0.05, 0) is 24.1 Å². The van der Waals surface area contributed by atoms with E-state index < -0.39 is 0 Å². The van der Waals surface area contributed by atoms with Gasteiger partial charge in [-0.25, -0.2) is 9.97 Å². The third-order valence-electron chi connectivity index (χ3n) is 3.31. The fourth-order valence-corrected chi connectivity index (χ4v) is 2.93. The molecule has 2 aromatic heterocycles. The molecule has 3 rings (SSSR count). The highest BCUT2D eigenvalue weighted by Crippen LogP contribution is 2.32. The van der Waals surface area contributed by atoms with Gasteiger partial charge in [0, 0.05) is 11.5 Å². The first-order valence-electron chi connectivity index (χ1n) is 6.66. The third-order valence-corrected chi connectivity index (χ3v) is 4.55. The van der Waals surface area contributed by atoms with Gasteiger partial charge in [-0.15, -0.1) is 11.3 Å². The molecule has 0 saturated heterocycles. The summed E-state index contributed by atoms with van der Waals surface area (Å²) in [4.78, 5) is 9.65. The number of hydrogen-bond donors (Lipinski definition) is 0. The van der Waals surface area contributed by atoms with Gasteiger partial charge in [0.1, 0.15) is 12.5 Å². The molecule has 1 unspecified atom stereocenters. The highest BCUT2D eigenvalue weighted by atomic mass is 32.1. The number of benzene rings is 1. The van der Waals surface area contributed by atoms with Gasteiger partial charge in [0.05, 0.1) is 16.1 Å². The first-order valence-corrected chi connectivity index (χ1v) is 7.48. The van der Waals surface area contributed by atoms with Crippen LogP contribution in [0.3, 0.4) is 0 Å². The van der Waals surface area contributed by atoms with Gasteiger partial charge >= 0.3 is 0 Å². The largest absolute Gasteiger partial charge is 0.445 e. The van der Waals surface area contributed by atoms with Crippen molar-refractivity contribution < 1.29 is 4.42 Å². The normalized spacial score (nSPS) is 12.5. The van der Waals surface area contributed by atoms with Crippen molar-refractivity contribution in [2.45, 2.75) is 26.2 Å². The Hall–Kier alpha value is -1.94. The maximum absolute atomic E-state index is 5.34. The second kappa shape index (κ2) is 5.59. The van der Waals surface area contributed by atoms with Crippen LogP contribution in [0.1, 0.15) is 31.2 Å². The molecule has 3 nitrogen and oxygen atoms in total. The molecule has 1 atom stereocenters. The Morgan fingerprint density at radius 1 is 1.35 bits per heavy atom. The van der Waals surface area contributed by atoms with Crippen molar-refractivity contribution in [2.24, 2.45) is 0 Å². The molecule has 3 aromatic rings. The van der Waals surface area contributed by atoms with E-state index in [4.69, 9.17) is 4.42 Å². The van der Waals surface area contributed by atoms with Crippen molar-refractivity contribution in [2.75, 3.05) is 0 Å². The Morgan fingerprint density at radius 2 is 2.20 bits per heavy atom.